The molecule has 204 valence electrons. The molecule has 1 aliphatic rings. The second-order valence-corrected chi connectivity index (χ2v) is 9.35. The maximum atomic E-state index is 14.1. The smallest absolute Gasteiger partial charge is 0.382 e. The van der Waals surface area contributed by atoms with Gasteiger partial charge in [-0.05, 0) is 66.2 Å². The van der Waals surface area contributed by atoms with Gasteiger partial charge in [0.15, 0.2) is 0 Å². The Morgan fingerprint density at radius 2 is 1.80 bits per heavy atom. The number of hydrogen-bond donors (Lipinski definition) is 3. The molecular weight excluding hydrogens is 557 g/mol. The number of alkyl halides is 3. The number of carbonyl (C=O) groups excluding carboxylic acids is 2. The van der Waals surface area contributed by atoms with E-state index in [0.717, 1.165) is 12.1 Å². The second-order valence-electron chi connectivity index (χ2n) is 8.94. The van der Waals surface area contributed by atoms with Crippen LogP contribution >= 0.6 is 11.6 Å². The second kappa shape index (κ2) is 10.3. The maximum absolute atomic E-state index is 14.1. The van der Waals surface area contributed by atoms with Crippen LogP contribution in [0.1, 0.15) is 60.8 Å². The van der Waals surface area contributed by atoms with Gasteiger partial charge in [-0.25, -0.2) is 8.78 Å². The molecule has 40 heavy (non-hydrogen) atoms. The Kier molecular flexibility index (Phi) is 7.03. The zero-order valence-electron chi connectivity index (χ0n) is 20.1. The van der Waals surface area contributed by atoms with Gasteiger partial charge in [0.2, 0.25) is 0 Å². The number of fused-ring (bicyclic) bond motifs is 1. The number of aliphatic hydroxyl groups is 1. The fraction of sp³-hybridized carbons (Fsp3) is 0.107. The highest BCUT2D eigenvalue weighted by Gasteiger charge is 2.36. The van der Waals surface area contributed by atoms with E-state index in [2.05, 4.69) is 15.6 Å². The van der Waals surface area contributed by atoms with E-state index >= 15 is 0 Å². The van der Waals surface area contributed by atoms with Crippen molar-refractivity contribution in [3.8, 4) is 0 Å². The number of anilines is 1. The molecule has 5 rings (SSSR count). The highest BCUT2D eigenvalue weighted by molar-refractivity contribution is 6.31. The molecule has 0 radical (unpaired) electrons. The number of halogens is 6. The average Bonchev–Trinajstić information content (AvgIpc) is 3.25. The topological polar surface area (TPSA) is 91.3 Å². The van der Waals surface area contributed by atoms with E-state index in [9.17, 15) is 36.6 Å². The number of carbonyl (C=O) groups is 2. The number of aliphatic hydroxyl groups excluding tert-OH is 1. The minimum atomic E-state index is -4.92. The monoisotopic (exact) mass is 573 g/mol. The Balaban J connectivity index is 1.65. The van der Waals surface area contributed by atoms with E-state index in [4.69, 9.17) is 11.6 Å². The molecule has 0 fully saturated rings. The summed E-state index contributed by atoms with van der Waals surface area (Å²) in [6, 6.07) is 11.2. The number of nitrogens with one attached hydrogen (secondary N) is 2. The predicted octanol–water partition coefficient (Wildman–Crippen LogP) is 6.20. The molecule has 4 aromatic rings. The summed E-state index contributed by atoms with van der Waals surface area (Å²) in [5.41, 5.74) is -1.54. The van der Waals surface area contributed by atoms with E-state index < -0.39 is 52.9 Å². The third-order valence-electron chi connectivity index (χ3n) is 6.30. The summed E-state index contributed by atoms with van der Waals surface area (Å²) in [7, 11) is 0. The lowest BCUT2D eigenvalue weighted by molar-refractivity contribution is -0.137. The van der Waals surface area contributed by atoms with Gasteiger partial charge in [0.05, 0.1) is 17.3 Å². The molecule has 12 heteroatoms. The summed E-state index contributed by atoms with van der Waals surface area (Å²) in [6.45, 7) is 0. The fourth-order valence-corrected chi connectivity index (χ4v) is 4.70. The Morgan fingerprint density at radius 3 is 2.50 bits per heavy atom. The van der Waals surface area contributed by atoms with E-state index in [1.807, 2.05) is 0 Å². The zero-order valence-corrected chi connectivity index (χ0v) is 20.8. The molecule has 0 saturated heterocycles. The summed E-state index contributed by atoms with van der Waals surface area (Å²) >= 11 is 6.28. The zero-order chi connectivity index (χ0) is 28.8. The van der Waals surface area contributed by atoms with Crippen LogP contribution in [0.15, 0.2) is 72.9 Å². The molecule has 1 aliphatic heterocycles. The third-order valence-corrected chi connectivity index (χ3v) is 6.64. The third kappa shape index (κ3) is 5.25. The lowest BCUT2D eigenvalue weighted by Gasteiger charge is -2.20. The van der Waals surface area contributed by atoms with Crippen molar-refractivity contribution in [2.45, 2.75) is 18.3 Å². The van der Waals surface area contributed by atoms with Crippen LogP contribution in [0, 0.1) is 11.6 Å². The predicted molar refractivity (Wildman–Crippen MR) is 135 cm³/mol. The van der Waals surface area contributed by atoms with E-state index in [1.165, 1.54) is 30.5 Å². The molecule has 6 nitrogen and oxygen atoms in total. The van der Waals surface area contributed by atoms with Crippen LogP contribution < -0.4 is 10.6 Å². The summed E-state index contributed by atoms with van der Waals surface area (Å²) in [5.74, 6) is -3.71. The molecule has 2 heterocycles. The first-order valence-electron chi connectivity index (χ1n) is 11.6. The van der Waals surface area contributed by atoms with Crippen molar-refractivity contribution in [1.82, 2.24) is 10.3 Å². The van der Waals surface area contributed by atoms with Crippen molar-refractivity contribution >= 4 is 29.1 Å². The van der Waals surface area contributed by atoms with Gasteiger partial charge in [-0.2, -0.15) is 13.2 Å². The molecule has 0 bridgehead atoms. The Labute approximate surface area is 228 Å². The lowest BCUT2D eigenvalue weighted by atomic mass is 9.92. The highest BCUT2D eigenvalue weighted by Crippen LogP contribution is 2.41. The quantitative estimate of drug-likeness (QED) is 0.248. The maximum Gasteiger partial charge on any atom is 0.416 e. The number of aromatic nitrogens is 1. The molecule has 2 atom stereocenters. The van der Waals surface area contributed by atoms with Crippen LogP contribution in [0.5, 0.6) is 0 Å². The lowest BCUT2D eigenvalue weighted by Crippen LogP contribution is -2.21. The number of rotatable bonds is 5. The Morgan fingerprint density at radius 1 is 1.02 bits per heavy atom. The molecule has 0 saturated carbocycles. The number of benzene rings is 3. The molecule has 2 unspecified atom stereocenters. The van der Waals surface area contributed by atoms with Gasteiger partial charge in [0.1, 0.15) is 17.7 Å². The van der Waals surface area contributed by atoms with Crippen molar-refractivity contribution < 1.29 is 36.6 Å². The summed E-state index contributed by atoms with van der Waals surface area (Å²) in [4.78, 5) is 30.2. The van der Waals surface area contributed by atoms with Crippen molar-refractivity contribution in [3.63, 3.8) is 0 Å². The molecule has 2 amide bonds. The van der Waals surface area contributed by atoms with Gasteiger partial charge in [0.25, 0.3) is 11.8 Å². The van der Waals surface area contributed by atoms with Crippen LogP contribution in [0.2, 0.25) is 5.02 Å². The van der Waals surface area contributed by atoms with Crippen molar-refractivity contribution in [2.75, 3.05) is 5.32 Å². The molecule has 0 spiro atoms. The molecule has 3 aromatic carbocycles. The molecule has 0 aliphatic carbocycles. The van der Waals surface area contributed by atoms with Gasteiger partial charge >= 0.3 is 6.18 Å². The highest BCUT2D eigenvalue weighted by atomic mass is 35.5. The first kappa shape index (κ1) is 27.2. The van der Waals surface area contributed by atoms with Crippen LogP contribution in [0.4, 0.5) is 27.6 Å². The van der Waals surface area contributed by atoms with Crippen LogP contribution in [-0.2, 0) is 6.18 Å². The summed E-state index contributed by atoms with van der Waals surface area (Å²) in [6.07, 6.45) is -4.84. The minimum Gasteiger partial charge on any atom is -0.382 e. The Bertz CT molecular complexity index is 1650. The largest absolute Gasteiger partial charge is 0.416 e. The van der Waals surface area contributed by atoms with Gasteiger partial charge in [-0.1, -0.05) is 17.7 Å². The van der Waals surface area contributed by atoms with Crippen molar-refractivity contribution in [1.29, 1.82) is 0 Å². The van der Waals surface area contributed by atoms with Gasteiger partial charge in [0, 0.05) is 39.2 Å². The number of nitrogens with zero attached hydrogens (tertiary/aromatic N) is 1. The SMILES string of the molecule is O=C(Nc1cc(C(O)c2ccccn2)cc2c1C(c1cc(F)ccc1Cl)NC2=O)c1cc(F)cc(C(F)(F)F)c1. The number of pyridine rings is 1. The van der Waals surface area contributed by atoms with Crippen molar-refractivity contribution in [2.24, 2.45) is 0 Å². The fourth-order valence-electron chi connectivity index (χ4n) is 4.47. The van der Waals surface area contributed by atoms with Gasteiger partial charge in [-0.3, -0.25) is 14.6 Å². The normalized spacial score (nSPS) is 15.4. The van der Waals surface area contributed by atoms with E-state index in [-0.39, 0.29) is 44.7 Å². The van der Waals surface area contributed by atoms with E-state index in [1.54, 1.807) is 12.1 Å². The first-order valence-corrected chi connectivity index (χ1v) is 12.0. The van der Waals surface area contributed by atoms with Crippen molar-refractivity contribution in [3.05, 3.63) is 129 Å². The molecule has 3 N–H and O–H groups in total. The standard InChI is InChI=1S/C28H17ClF5N3O3/c29-20-5-4-16(30)12-18(20)24-23-19(27(40)37-24)9-13(25(38)21-3-1-2-6-35-21)10-22(23)36-26(39)14-7-15(28(32,33)34)11-17(31)8-14/h1-12,24-25,38H,(H,36,39)(H,37,40). The van der Waals surface area contributed by atoms with Gasteiger partial charge < -0.3 is 15.7 Å². The van der Waals surface area contributed by atoms with Gasteiger partial charge in [-0.15, -0.1) is 0 Å². The number of amides is 2. The summed E-state index contributed by atoms with van der Waals surface area (Å²) in [5, 5.41) is 16.1. The van der Waals surface area contributed by atoms with Crippen LogP contribution in [-0.4, -0.2) is 21.9 Å². The van der Waals surface area contributed by atoms with Crippen LogP contribution in [0.25, 0.3) is 0 Å². The molecular formula is C28H17ClF5N3O3. The first-order chi connectivity index (χ1) is 18.9. The molecule has 1 aromatic heterocycles. The average molecular weight is 574 g/mol. The van der Waals surface area contributed by atoms with E-state index in [0.29, 0.717) is 12.1 Å². The minimum absolute atomic E-state index is 0.0108. The van der Waals surface area contributed by atoms with Crippen LogP contribution in [0.3, 0.4) is 0 Å². The summed E-state index contributed by atoms with van der Waals surface area (Å²) < 4.78 is 67.9. The number of hydrogen-bond acceptors (Lipinski definition) is 4. The Hall–Kier alpha value is -4.35.